The van der Waals surface area contributed by atoms with E-state index in [0.717, 1.165) is 15.7 Å². The molecule has 18 heavy (non-hydrogen) atoms. The molecule has 1 atom stereocenters. The standard InChI is InChI=1S/C12H16BrN3O2/c13-9-3-8(6-14)4-10(5-9)16-1-2-18-7-11(16)12(15)17/h3-5,11H,1-2,6-7,14H2,(H2,15,17). The minimum Gasteiger partial charge on any atom is -0.377 e. The van der Waals surface area contributed by atoms with Crippen LogP contribution in [0, 0.1) is 0 Å². The number of rotatable bonds is 3. The second-order valence-corrected chi connectivity index (χ2v) is 5.12. The van der Waals surface area contributed by atoms with E-state index >= 15 is 0 Å². The number of anilines is 1. The largest absolute Gasteiger partial charge is 0.377 e. The molecule has 2 rings (SSSR count). The van der Waals surface area contributed by atoms with Crippen LogP contribution in [0.15, 0.2) is 22.7 Å². The topological polar surface area (TPSA) is 81.6 Å². The Morgan fingerprint density at radius 2 is 2.28 bits per heavy atom. The number of halogens is 1. The number of nitrogens with two attached hydrogens (primary N) is 2. The lowest BCUT2D eigenvalue weighted by Gasteiger charge is -2.35. The number of hydrogen-bond acceptors (Lipinski definition) is 4. The predicted molar refractivity (Wildman–Crippen MR) is 73.2 cm³/mol. The van der Waals surface area contributed by atoms with E-state index in [2.05, 4.69) is 15.9 Å². The van der Waals surface area contributed by atoms with Crippen molar-refractivity contribution in [2.75, 3.05) is 24.7 Å². The van der Waals surface area contributed by atoms with Crippen LogP contribution in [0.1, 0.15) is 5.56 Å². The van der Waals surface area contributed by atoms with Crippen molar-refractivity contribution < 1.29 is 9.53 Å². The smallest absolute Gasteiger partial charge is 0.242 e. The maximum absolute atomic E-state index is 11.4. The molecule has 0 spiro atoms. The number of ether oxygens (including phenoxy) is 1. The Labute approximate surface area is 114 Å². The molecule has 1 amide bonds. The molecule has 0 saturated carbocycles. The highest BCUT2D eigenvalue weighted by atomic mass is 79.9. The first kappa shape index (κ1) is 13.3. The second kappa shape index (κ2) is 5.69. The van der Waals surface area contributed by atoms with Crippen molar-refractivity contribution in [1.82, 2.24) is 0 Å². The molecule has 98 valence electrons. The minimum atomic E-state index is -0.418. The van der Waals surface area contributed by atoms with Gasteiger partial charge in [0.15, 0.2) is 0 Å². The van der Waals surface area contributed by atoms with Crippen LogP contribution >= 0.6 is 15.9 Å². The fourth-order valence-corrected chi connectivity index (χ4v) is 2.59. The highest BCUT2D eigenvalue weighted by Gasteiger charge is 2.28. The number of amides is 1. The fraction of sp³-hybridized carbons (Fsp3) is 0.417. The SMILES string of the molecule is NCc1cc(Br)cc(N2CCOCC2C(N)=O)c1. The molecule has 1 aromatic carbocycles. The zero-order valence-corrected chi connectivity index (χ0v) is 11.5. The summed E-state index contributed by atoms with van der Waals surface area (Å²) in [4.78, 5) is 13.4. The third-order valence-corrected chi connectivity index (χ3v) is 3.42. The predicted octanol–water partition coefficient (Wildman–Crippen LogP) is 0.598. The number of carbonyl (C=O) groups is 1. The Morgan fingerprint density at radius 1 is 1.50 bits per heavy atom. The van der Waals surface area contributed by atoms with Crippen molar-refractivity contribution in [3.05, 3.63) is 28.2 Å². The Kier molecular flexibility index (Phi) is 4.21. The van der Waals surface area contributed by atoms with Crippen LogP contribution in [-0.4, -0.2) is 31.7 Å². The van der Waals surface area contributed by atoms with Crippen molar-refractivity contribution in [2.24, 2.45) is 11.5 Å². The van der Waals surface area contributed by atoms with E-state index in [9.17, 15) is 4.79 Å². The highest BCUT2D eigenvalue weighted by molar-refractivity contribution is 9.10. The highest BCUT2D eigenvalue weighted by Crippen LogP contribution is 2.25. The molecule has 1 aliphatic rings. The van der Waals surface area contributed by atoms with Crippen molar-refractivity contribution in [3.63, 3.8) is 0 Å². The van der Waals surface area contributed by atoms with E-state index in [1.54, 1.807) is 0 Å². The van der Waals surface area contributed by atoms with Crippen LogP contribution in [-0.2, 0) is 16.1 Å². The summed E-state index contributed by atoms with van der Waals surface area (Å²) in [6.45, 7) is 2.03. The molecule has 1 unspecified atom stereocenters. The summed E-state index contributed by atoms with van der Waals surface area (Å²) >= 11 is 3.45. The molecule has 0 aliphatic carbocycles. The molecule has 0 aromatic heterocycles. The van der Waals surface area contributed by atoms with Crippen LogP contribution in [0.3, 0.4) is 0 Å². The maximum atomic E-state index is 11.4. The van der Waals surface area contributed by atoms with Gasteiger partial charge in [0.1, 0.15) is 6.04 Å². The van der Waals surface area contributed by atoms with Gasteiger partial charge in [-0.2, -0.15) is 0 Å². The van der Waals surface area contributed by atoms with E-state index in [1.165, 1.54) is 0 Å². The molecule has 4 N–H and O–H groups in total. The van der Waals surface area contributed by atoms with Gasteiger partial charge in [-0.05, 0) is 23.8 Å². The quantitative estimate of drug-likeness (QED) is 0.856. The summed E-state index contributed by atoms with van der Waals surface area (Å²) in [5, 5.41) is 0. The molecule has 1 saturated heterocycles. The van der Waals surface area contributed by atoms with Crippen molar-refractivity contribution in [3.8, 4) is 0 Å². The lowest BCUT2D eigenvalue weighted by molar-refractivity contribution is -0.121. The van der Waals surface area contributed by atoms with Crippen LogP contribution in [0.5, 0.6) is 0 Å². The van der Waals surface area contributed by atoms with Gasteiger partial charge in [-0.15, -0.1) is 0 Å². The third kappa shape index (κ3) is 2.82. The Hall–Kier alpha value is -1.11. The zero-order chi connectivity index (χ0) is 13.1. The van der Waals surface area contributed by atoms with Crippen molar-refractivity contribution >= 4 is 27.5 Å². The van der Waals surface area contributed by atoms with E-state index < -0.39 is 6.04 Å². The molecule has 6 heteroatoms. The van der Waals surface area contributed by atoms with Crippen molar-refractivity contribution in [2.45, 2.75) is 12.6 Å². The molecule has 1 heterocycles. The van der Waals surface area contributed by atoms with Gasteiger partial charge >= 0.3 is 0 Å². The molecule has 0 radical (unpaired) electrons. The Morgan fingerprint density at radius 3 is 2.94 bits per heavy atom. The monoisotopic (exact) mass is 313 g/mol. The lowest BCUT2D eigenvalue weighted by atomic mass is 10.1. The van der Waals surface area contributed by atoms with Gasteiger partial charge in [0.05, 0.1) is 13.2 Å². The minimum absolute atomic E-state index is 0.333. The van der Waals surface area contributed by atoms with Gasteiger partial charge in [0.25, 0.3) is 0 Å². The molecule has 1 fully saturated rings. The summed E-state index contributed by atoms with van der Waals surface area (Å²) in [6, 6.07) is 5.48. The summed E-state index contributed by atoms with van der Waals surface area (Å²) in [6.07, 6.45) is 0. The number of primary amides is 1. The van der Waals surface area contributed by atoms with Crippen LogP contribution in [0.25, 0.3) is 0 Å². The van der Waals surface area contributed by atoms with Crippen LogP contribution in [0.4, 0.5) is 5.69 Å². The molecule has 1 aliphatic heterocycles. The first-order valence-electron chi connectivity index (χ1n) is 5.75. The van der Waals surface area contributed by atoms with Crippen molar-refractivity contribution in [1.29, 1.82) is 0 Å². The number of nitrogens with zero attached hydrogens (tertiary/aromatic N) is 1. The van der Waals surface area contributed by atoms with Gasteiger partial charge in [-0.1, -0.05) is 15.9 Å². The summed E-state index contributed by atoms with van der Waals surface area (Å²) in [7, 11) is 0. The van der Waals surface area contributed by atoms with E-state index in [1.807, 2.05) is 23.1 Å². The van der Waals surface area contributed by atoms with Gasteiger partial charge in [0.2, 0.25) is 5.91 Å². The van der Waals surface area contributed by atoms with E-state index in [0.29, 0.717) is 26.3 Å². The number of benzene rings is 1. The van der Waals surface area contributed by atoms with Crippen LogP contribution in [0.2, 0.25) is 0 Å². The lowest BCUT2D eigenvalue weighted by Crippen LogP contribution is -2.52. The Balaban J connectivity index is 2.33. The van der Waals surface area contributed by atoms with Gasteiger partial charge < -0.3 is 21.1 Å². The molecular formula is C12H16BrN3O2. The second-order valence-electron chi connectivity index (χ2n) is 4.21. The van der Waals surface area contributed by atoms with Gasteiger partial charge in [-0.3, -0.25) is 4.79 Å². The molecule has 1 aromatic rings. The average Bonchev–Trinajstić information content (AvgIpc) is 2.38. The third-order valence-electron chi connectivity index (χ3n) is 2.97. The first-order valence-corrected chi connectivity index (χ1v) is 6.54. The number of hydrogen-bond donors (Lipinski definition) is 2. The molecule has 0 bridgehead atoms. The summed E-state index contributed by atoms with van der Waals surface area (Å²) in [5.41, 5.74) is 13.0. The van der Waals surface area contributed by atoms with Crippen LogP contribution < -0.4 is 16.4 Å². The number of carbonyl (C=O) groups excluding carboxylic acids is 1. The van der Waals surface area contributed by atoms with E-state index in [-0.39, 0.29) is 5.91 Å². The van der Waals surface area contributed by atoms with Gasteiger partial charge in [0, 0.05) is 23.2 Å². The summed E-state index contributed by atoms with van der Waals surface area (Å²) in [5.74, 6) is -0.371. The number of morpholine rings is 1. The zero-order valence-electron chi connectivity index (χ0n) is 9.93. The van der Waals surface area contributed by atoms with E-state index in [4.69, 9.17) is 16.2 Å². The molecular weight excluding hydrogens is 298 g/mol. The summed E-state index contributed by atoms with van der Waals surface area (Å²) < 4.78 is 6.24. The average molecular weight is 314 g/mol. The molecule has 5 nitrogen and oxygen atoms in total. The first-order chi connectivity index (χ1) is 8.61. The Bertz CT molecular complexity index is 453. The normalized spacial score (nSPS) is 19.9. The van der Waals surface area contributed by atoms with Gasteiger partial charge in [-0.25, -0.2) is 0 Å². The maximum Gasteiger partial charge on any atom is 0.242 e. The fourth-order valence-electron chi connectivity index (χ4n) is 2.07.